The van der Waals surface area contributed by atoms with Gasteiger partial charge in [0.1, 0.15) is 11.9 Å². The molecule has 2 N–H and O–H groups in total. The van der Waals surface area contributed by atoms with Gasteiger partial charge in [0.2, 0.25) is 0 Å². The van der Waals surface area contributed by atoms with E-state index in [4.69, 9.17) is 10.5 Å². The van der Waals surface area contributed by atoms with Crippen LogP contribution in [0.5, 0.6) is 5.75 Å². The van der Waals surface area contributed by atoms with Gasteiger partial charge in [-0.3, -0.25) is 0 Å². The predicted molar refractivity (Wildman–Crippen MR) is 80.4 cm³/mol. The molecule has 0 aromatic heterocycles. The SMILES string of the molecule is CC1Cc2cc(C(N)CC(C)C(C)(C)C)ccc2O1. The van der Waals surface area contributed by atoms with E-state index in [2.05, 4.69) is 52.8 Å². The summed E-state index contributed by atoms with van der Waals surface area (Å²) in [7, 11) is 0. The molecule has 1 aromatic carbocycles. The van der Waals surface area contributed by atoms with Crippen molar-refractivity contribution in [2.75, 3.05) is 0 Å². The Morgan fingerprint density at radius 1 is 1.37 bits per heavy atom. The zero-order valence-corrected chi connectivity index (χ0v) is 12.9. The van der Waals surface area contributed by atoms with Gasteiger partial charge in [0, 0.05) is 12.5 Å². The summed E-state index contributed by atoms with van der Waals surface area (Å²) in [6.45, 7) is 11.2. The average molecular weight is 261 g/mol. The Labute approximate surface area is 117 Å². The minimum absolute atomic E-state index is 0.121. The van der Waals surface area contributed by atoms with Gasteiger partial charge in [-0.2, -0.15) is 0 Å². The normalized spacial score (nSPS) is 21.7. The molecule has 0 saturated heterocycles. The molecule has 0 spiro atoms. The third-order valence-electron chi connectivity index (χ3n) is 4.43. The maximum Gasteiger partial charge on any atom is 0.123 e. The molecule has 0 fully saturated rings. The Hall–Kier alpha value is -1.02. The van der Waals surface area contributed by atoms with E-state index in [-0.39, 0.29) is 6.04 Å². The standard InChI is InChI=1S/C17H27NO/c1-11(17(3,4)5)8-15(18)13-6-7-16-14(10-13)9-12(2)19-16/h6-7,10-12,15H,8-9,18H2,1-5H3. The van der Waals surface area contributed by atoms with E-state index >= 15 is 0 Å². The molecule has 2 heteroatoms. The molecule has 0 aliphatic carbocycles. The van der Waals surface area contributed by atoms with Crippen LogP contribution in [0.4, 0.5) is 0 Å². The molecule has 3 unspecified atom stereocenters. The molecule has 2 nitrogen and oxygen atoms in total. The van der Waals surface area contributed by atoms with Crippen molar-refractivity contribution >= 4 is 0 Å². The monoisotopic (exact) mass is 261 g/mol. The van der Waals surface area contributed by atoms with Crippen LogP contribution in [0, 0.1) is 11.3 Å². The lowest BCUT2D eigenvalue weighted by molar-refractivity contribution is 0.234. The van der Waals surface area contributed by atoms with Gasteiger partial charge in [0.25, 0.3) is 0 Å². The Morgan fingerprint density at radius 3 is 2.68 bits per heavy atom. The zero-order chi connectivity index (χ0) is 14.2. The quantitative estimate of drug-likeness (QED) is 0.889. The van der Waals surface area contributed by atoms with Crippen LogP contribution in [0.25, 0.3) is 0 Å². The minimum Gasteiger partial charge on any atom is -0.490 e. The second-order valence-corrected chi connectivity index (χ2v) is 7.11. The van der Waals surface area contributed by atoms with Gasteiger partial charge < -0.3 is 10.5 Å². The summed E-state index contributed by atoms with van der Waals surface area (Å²) in [4.78, 5) is 0. The number of hydrogen-bond acceptors (Lipinski definition) is 2. The Bertz CT molecular complexity index is 447. The highest BCUT2D eigenvalue weighted by atomic mass is 16.5. The van der Waals surface area contributed by atoms with Crippen molar-refractivity contribution < 1.29 is 4.74 Å². The van der Waals surface area contributed by atoms with Gasteiger partial charge >= 0.3 is 0 Å². The molecule has 1 heterocycles. The van der Waals surface area contributed by atoms with Gasteiger partial charge in [0.15, 0.2) is 0 Å². The first-order valence-electron chi connectivity index (χ1n) is 7.32. The number of benzene rings is 1. The van der Waals surface area contributed by atoms with Crippen molar-refractivity contribution in [2.45, 2.75) is 59.6 Å². The predicted octanol–water partition coefficient (Wildman–Crippen LogP) is 4.08. The van der Waals surface area contributed by atoms with Gasteiger partial charge in [0.05, 0.1) is 0 Å². The molecule has 1 aliphatic rings. The summed E-state index contributed by atoms with van der Waals surface area (Å²) in [5.74, 6) is 1.64. The molecule has 2 rings (SSSR count). The van der Waals surface area contributed by atoms with Crippen LogP contribution in [0.2, 0.25) is 0 Å². The largest absolute Gasteiger partial charge is 0.490 e. The van der Waals surface area contributed by atoms with E-state index in [1.165, 1.54) is 11.1 Å². The lowest BCUT2D eigenvalue weighted by Crippen LogP contribution is -2.23. The maximum atomic E-state index is 6.38. The van der Waals surface area contributed by atoms with Gasteiger partial charge in [-0.25, -0.2) is 0 Å². The summed E-state index contributed by atoms with van der Waals surface area (Å²) in [5.41, 5.74) is 9.24. The molecule has 0 saturated carbocycles. The first kappa shape index (κ1) is 14.4. The summed E-state index contributed by atoms with van der Waals surface area (Å²) in [5, 5.41) is 0. The Balaban J connectivity index is 2.09. The number of fused-ring (bicyclic) bond motifs is 1. The highest BCUT2D eigenvalue weighted by Crippen LogP contribution is 2.35. The third kappa shape index (κ3) is 3.30. The molecule has 1 aliphatic heterocycles. The van der Waals surface area contributed by atoms with E-state index in [1.807, 2.05) is 0 Å². The van der Waals surface area contributed by atoms with E-state index in [1.54, 1.807) is 0 Å². The average Bonchev–Trinajstić information content (AvgIpc) is 2.66. The van der Waals surface area contributed by atoms with Crippen LogP contribution in [0.15, 0.2) is 18.2 Å². The minimum atomic E-state index is 0.121. The van der Waals surface area contributed by atoms with Crippen molar-refractivity contribution in [3.8, 4) is 5.75 Å². The van der Waals surface area contributed by atoms with Crippen molar-refractivity contribution in [3.63, 3.8) is 0 Å². The molecule has 106 valence electrons. The summed E-state index contributed by atoms with van der Waals surface area (Å²) >= 11 is 0. The van der Waals surface area contributed by atoms with Crippen molar-refractivity contribution in [1.82, 2.24) is 0 Å². The summed E-state index contributed by atoms with van der Waals surface area (Å²) in [6, 6.07) is 6.56. The van der Waals surface area contributed by atoms with Crippen LogP contribution >= 0.6 is 0 Å². The first-order valence-corrected chi connectivity index (χ1v) is 7.32. The molecule has 0 radical (unpaired) electrons. The first-order chi connectivity index (χ1) is 8.77. The number of nitrogens with two attached hydrogens (primary N) is 1. The van der Waals surface area contributed by atoms with Crippen LogP contribution in [-0.2, 0) is 6.42 Å². The van der Waals surface area contributed by atoms with Gasteiger partial charge in [-0.1, -0.05) is 39.8 Å². The zero-order valence-electron chi connectivity index (χ0n) is 12.9. The summed E-state index contributed by atoms with van der Waals surface area (Å²) < 4.78 is 5.74. The smallest absolute Gasteiger partial charge is 0.123 e. The van der Waals surface area contributed by atoms with Crippen molar-refractivity contribution in [2.24, 2.45) is 17.1 Å². The van der Waals surface area contributed by atoms with Crippen LogP contribution in [0.1, 0.15) is 58.2 Å². The highest BCUT2D eigenvalue weighted by molar-refractivity contribution is 5.41. The molecular formula is C17H27NO. The lowest BCUT2D eigenvalue weighted by atomic mass is 9.77. The fraction of sp³-hybridized carbons (Fsp3) is 0.647. The lowest BCUT2D eigenvalue weighted by Gasteiger charge is -2.29. The van der Waals surface area contributed by atoms with Crippen LogP contribution in [0.3, 0.4) is 0 Å². The summed E-state index contributed by atoms with van der Waals surface area (Å²) in [6.07, 6.45) is 2.33. The van der Waals surface area contributed by atoms with E-state index in [0.29, 0.717) is 17.4 Å². The van der Waals surface area contributed by atoms with Gasteiger partial charge in [-0.15, -0.1) is 0 Å². The van der Waals surface area contributed by atoms with Crippen molar-refractivity contribution in [3.05, 3.63) is 29.3 Å². The molecular weight excluding hydrogens is 234 g/mol. The van der Waals surface area contributed by atoms with E-state index in [0.717, 1.165) is 18.6 Å². The van der Waals surface area contributed by atoms with E-state index < -0.39 is 0 Å². The fourth-order valence-corrected chi connectivity index (χ4v) is 2.54. The topological polar surface area (TPSA) is 35.2 Å². The van der Waals surface area contributed by atoms with Gasteiger partial charge in [-0.05, 0) is 41.9 Å². The molecule has 0 amide bonds. The Kier molecular flexibility index (Phi) is 3.91. The molecule has 19 heavy (non-hydrogen) atoms. The number of hydrogen-bond donors (Lipinski definition) is 1. The number of rotatable bonds is 3. The Morgan fingerprint density at radius 2 is 2.05 bits per heavy atom. The third-order valence-corrected chi connectivity index (χ3v) is 4.43. The maximum absolute atomic E-state index is 6.38. The molecule has 1 aromatic rings. The van der Waals surface area contributed by atoms with Crippen LogP contribution < -0.4 is 10.5 Å². The second-order valence-electron chi connectivity index (χ2n) is 7.11. The van der Waals surface area contributed by atoms with Crippen LogP contribution in [-0.4, -0.2) is 6.10 Å². The molecule has 3 atom stereocenters. The van der Waals surface area contributed by atoms with Crippen molar-refractivity contribution in [1.29, 1.82) is 0 Å². The fourth-order valence-electron chi connectivity index (χ4n) is 2.54. The highest BCUT2D eigenvalue weighted by Gasteiger charge is 2.24. The second kappa shape index (κ2) is 5.16. The molecule has 0 bridgehead atoms. The van der Waals surface area contributed by atoms with E-state index in [9.17, 15) is 0 Å². The number of ether oxygens (including phenoxy) is 1.